The quantitative estimate of drug-likeness (QED) is 0.275. The van der Waals surface area contributed by atoms with Gasteiger partial charge in [0.1, 0.15) is 5.82 Å². The second-order valence-electron chi connectivity index (χ2n) is 8.59. The van der Waals surface area contributed by atoms with Gasteiger partial charge in [-0.1, -0.05) is 37.3 Å². The van der Waals surface area contributed by atoms with Gasteiger partial charge in [0.05, 0.1) is 0 Å². The molecule has 3 heterocycles. The first-order valence-electron chi connectivity index (χ1n) is 11.3. The highest BCUT2D eigenvalue weighted by molar-refractivity contribution is 14.0. The monoisotopic (exact) mass is 538 g/mol. The summed E-state index contributed by atoms with van der Waals surface area (Å²) in [5, 5.41) is 8.01. The molecule has 0 aliphatic carbocycles. The van der Waals surface area contributed by atoms with Gasteiger partial charge in [-0.05, 0) is 43.1 Å². The molecule has 2 aliphatic heterocycles. The summed E-state index contributed by atoms with van der Waals surface area (Å²) in [4.78, 5) is 19.3. The van der Waals surface area contributed by atoms with Crippen molar-refractivity contribution in [3.63, 3.8) is 0 Å². The number of likely N-dealkylation sites (tertiary alicyclic amines) is 1. The van der Waals surface area contributed by atoms with Gasteiger partial charge in [-0.25, -0.2) is 9.48 Å². The normalized spacial score (nSPS) is 21.4. The summed E-state index contributed by atoms with van der Waals surface area (Å²) in [6.07, 6.45) is 5.13. The molecule has 2 aliphatic rings. The Balaban J connectivity index is 0.00000272. The molecule has 7 nitrogen and oxygen atoms in total. The third kappa shape index (κ3) is 5.51. The van der Waals surface area contributed by atoms with Crippen LogP contribution in [0.2, 0.25) is 0 Å². The van der Waals surface area contributed by atoms with Crippen molar-refractivity contribution in [1.29, 1.82) is 0 Å². The van der Waals surface area contributed by atoms with Crippen molar-refractivity contribution >= 4 is 29.9 Å². The lowest BCUT2D eigenvalue weighted by Gasteiger charge is -2.39. The zero-order chi connectivity index (χ0) is 20.9. The molecule has 1 aromatic carbocycles. The second kappa shape index (κ2) is 11.2. The highest BCUT2D eigenvalue weighted by Gasteiger charge is 2.28. The average Bonchev–Trinajstić information content (AvgIpc) is 3.10. The Morgan fingerprint density at radius 2 is 2.03 bits per heavy atom. The van der Waals surface area contributed by atoms with Crippen LogP contribution in [0.4, 0.5) is 0 Å². The van der Waals surface area contributed by atoms with Gasteiger partial charge in [0.2, 0.25) is 0 Å². The minimum Gasteiger partial charge on any atom is -0.356 e. The number of rotatable bonds is 5. The van der Waals surface area contributed by atoms with E-state index in [0.29, 0.717) is 18.4 Å². The minimum atomic E-state index is 0. The van der Waals surface area contributed by atoms with Crippen LogP contribution < -0.4 is 11.0 Å². The van der Waals surface area contributed by atoms with Crippen molar-refractivity contribution in [2.75, 3.05) is 26.7 Å². The number of hydrogen-bond donors (Lipinski definition) is 1. The molecular formula is C23H35IN6O. The molecule has 0 bridgehead atoms. The van der Waals surface area contributed by atoms with Crippen LogP contribution in [-0.4, -0.2) is 51.9 Å². The van der Waals surface area contributed by atoms with Crippen LogP contribution in [0, 0.1) is 5.92 Å². The van der Waals surface area contributed by atoms with Gasteiger partial charge >= 0.3 is 5.69 Å². The molecule has 2 unspecified atom stereocenters. The van der Waals surface area contributed by atoms with E-state index in [2.05, 4.69) is 57.6 Å². The number of aryl methyl sites for hydroxylation is 2. The van der Waals surface area contributed by atoms with Crippen molar-refractivity contribution in [2.24, 2.45) is 10.9 Å². The highest BCUT2D eigenvalue weighted by Crippen LogP contribution is 2.32. The van der Waals surface area contributed by atoms with E-state index in [-0.39, 0.29) is 29.7 Å². The lowest BCUT2D eigenvalue weighted by Crippen LogP contribution is -2.48. The Bertz CT molecular complexity index is 922. The maximum Gasteiger partial charge on any atom is 0.345 e. The fraction of sp³-hybridized carbons (Fsp3) is 0.609. The SMILES string of the molecule is CN=C(NCCCn1nc2n(c1=O)CCCC2)N1CCC(c2ccccc2)C(C)C1.I. The third-order valence-corrected chi connectivity index (χ3v) is 6.51. The summed E-state index contributed by atoms with van der Waals surface area (Å²) in [7, 11) is 1.85. The predicted octanol–water partition coefficient (Wildman–Crippen LogP) is 3.09. The molecule has 0 saturated carbocycles. The van der Waals surface area contributed by atoms with Gasteiger partial charge in [0.15, 0.2) is 5.96 Å². The van der Waals surface area contributed by atoms with E-state index in [1.807, 2.05) is 11.6 Å². The van der Waals surface area contributed by atoms with Gasteiger partial charge in [-0.2, -0.15) is 5.10 Å². The van der Waals surface area contributed by atoms with Crippen molar-refractivity contribution < 1.29 is 0 Å². The number of aromatic nitrogens is 3. The van der Waals surface area contributed by atoms with Crippen molar-refractivity contribution in [1.82, 2.24) is 24.6 Å². The Morgan fingerprint density at radius 3 is 2.74 bits per heavy atom. The van der Waals surface area contributed by atoms with Crippen molar-refractivity contribution in [3.05, 3.63) is 52.2 Å². The van der Waals surface area contributed by atoms with Gasteiger partial charge in [-0.3, -0.25) is 9.56 Å². The molecule has 4 rings (SSSR count). The summed E-state index contributed by atoms with van der Waals surface area (Å²) < 4.78 is 3.48. The van der Waals surface area contributed by atoms with Crippen LogP contribution in [0.5, 0.6) is 0 Å². The lowest BCUT2D eigenvalue weighted by atomic mass is 9.82. The van der Waals surface area contributed by atoms with E-state index in [0.717, 1.165) is 70.1 Å². The lowest BCUT2D eigenvalue weighted by molar-refractivity contribution is 0.234. The molecular weight excluding hydrogens is 503 g/mol. The van der Waals surface area contributed by atoms with E-state index in [1.54, 1.807) is 4.68 Å². The molecule has 2 aromatic rings. The first-order chi connectivity index (χ1) is 14.7. The van der Waals surface area contributed by atoms with Crippen LogP contribution in [0.1, 0.15) is 49.9 Å². The predicted molar refractivity (Wildman–Crippen MR) is 135 cm³/mol. The zero-order valence-electron chi connectivity index (χ0n) is 18.7. The average molecular weight is 538 g/mol. The Morgan fingerprint density at radius 1 is 1.23 bits per heavy atom. The van der Waals surface area contributed by atoms with E-state index in [1.165, 1.54) is 5.56 Å². The smallest absolute Gasteiger partial charge is 0.345 e. The van der Waals surface area contributed by atoms with E-state index < -0.39 is 0 Å². The summed E-state index contributed by atoms with van der Waals surface area (Å²) in [5.41, 5.74) is 1.49. The number of aliphatic imine (C=N–C) groups is 1. The standard InChI is InChI=1S/C23H34N6O.HI/c1-18-17-27(16-12-20(18)19-9-4-3-5-10-19)22(24-2)25-13-8-15-29-23(30)28-14-7-6-11-21(28)26-29;/h3-5,9-10,18,20H,6-8,11-17H2,1-2H3,(H,24,25);1H. The van der Waals surface area contributed by atoms with Gasteiger partial charge in [-0.15, -0.1) is 24.0 Å². The largest absolute Gasteiger partial charge is 0.356 e. The topological polar surface area (TPSA) is 67.5 Å². The molecule has 1 saturated heterocycles. The minimum absolute atomic E-state index is 0. The Kier molecular flexibility index (Phi) is 8.57. The number of piperidine rings is 1. The maximum atomic E-state index is 12.4. The number of hydrogen-bond acceptors (Lipinski definition) is 3. The first kappa shape index (κ1) is 23.8. The second-order valence-corrected chi connectivity index (χ2v) is 8.59. The Hall–Kier alpha value is -1.84. The van der Waals surface area contributed by atoms with E-state index >= 15 is 0 Å². The van der Waals surface area contributed by atoms with Crippen LogP contribution in [-0.2, 0) is 19.5 Å². The first-order valence-corrected chi connectivity index (χ1v) is 11.3. The molecule has 2 atom stereocenters. The molecule has 8 heteroatoms. The number of halogens is 1. The number of nitrogens with one attached hydrogen (secondary N) is 1. The highest BCUT2D eigenvalue weighted by atomic mass is 127. The molecule has 0 amide bonds. The van der Waals surface area contributed by atoms with Gasteiger partial charge in [0, 0.05) is 46.2 Å². The van der Waals surface area contributed by atoms with Crippen LogP contribution in [0.15, 0.2) is 40.1 Å². The van der Waals surface area contributed by atoms with Crippen LogP contribution >= 0.6 is 24.0 Å². The van der Waals surface area contributed by atoms with Gasteiger partial charge in [0.25, 0.3) is 0 Å². The fourth-order valence-corrected chi connectivity index (χ4v) is 4.89. The summed E-state index contributed by atoms with van der Waals surface area (Å²) in [6, 6.07) is 10.9. The number of benzene rings is 1. The molecule has 1 fully saturated rings. The molecule has 0 spiro atoms. The summed E-state index contributed by atoms with van der Waals surface area (Å²) >= 11 is 0. The van der Waals surface area contributed by atoms with Crippen LogP contribution in [0.25, 0.3) is 0 Å². The molecule has 1 N–H and O–H groups in total. The molecule has 31 heavy (non-hydrogen) atoms. The van der Waals surface area contributed by atoms with Crippen molar-refractivity contribution in [3.8, 4) is 0 Å². The zero-order valence-corrected chi connectivity index (χ0v) is 21.0. The summed E-state index contributed by atoms with van der Waals surface area (Å²) in [6.45, 7) is 6.60. The third-order valence-electron chi connectivity index (χ3n) is 6.51. The van der Waals surface area contributed by atoms with E-state index in [4.69, 9.17) is 0 Å². The number of guanidine groups is 1. The van der Waals surface area contributed by atoms with E-state index in [9.17, 15) is 4.79 Å². The van der Waals surface area contributed by atoms with Crippen molar-refractivity contribution in [2.45, 2.75) is 58.0 Å². The van der Waals surface area contributed by atoms with Gasteiger partial charge < -0.3 is 10.2 Å². The summed E-state index contributed by atoms with van der Waals surface area (Å²) in [5.74, 6) is 3.10. The Labute approximate surface area is 201 Å². The number of fused-ring (bicyclic) bond motifs is 1. The molecule has 170 valence electrons. The molecule has 1 aromatic heterocycles. The fourth-order valence-electron chi connectivity index (χ4n) is 4.89. The number of nitrogens with zero attached hydrogens (tertiary/aromatic N) is 5. The van der Waals surface area contributed by atoms with Crippen LogP contribution in [0.3, 0.4) is 0 Å². The molecule has 0 radical (unpaired) electrons. The maximum absolute atomic E-state index is 12.4.